The van der Waals surface area contributed by atoms with Crippen molar-refractivity contribution in [2.75, 3.05) is 32.2 Å². The first-order valence-electron chi connectivity index (χ1n) is 8.20. The zero-order chi connectivity index (χ0) is 18.0. The third-order valence-electron chi connectivity index (χ3n) is 3.34. The molecule has 1 aromatic rings. The van der Waals surface area contributed by atoms with E-state index in [2.05, 4.69) is 28.6 Å². The number of aliphatic imine (C=N–C) groups is 1. The van der Waals surface area contributed by atoms with Crippen LogP contribution in [0.2, 0.25) is 0 Å². The van der Waals surface area contributed by atoms with Crippen molar-refractivity contribution in [3.63, 3.8) is 0 Å². The molecule has 136 valence electrons. The van der Waals surface area contributed by atoms with Gasteiger partial charge in [-0.2, -0.15) is 0 Å². The molecule has 0 saturated heterocycles. The Labute approximate surface area is 145 Å². The quantitative estimate of drug-likeness (QED) is 0.402. The Hall–Kier alpha value is -1.76. The molecular formula is C17H29N3O3S. The molecule has 0 aliphatic rings. The number of ether oxygens (including phenoxy) is 1. The van der Waals surface area contributed by atoms with Crippen molar-refractivity contribution < 1.29 is 13.2 Å². The van der Waals surface area contributed by atoms with Gasteiger partial charge in [0.2, 0.25) is 0 Å². The van der Waals surface area contributed by atoms with Crippen molar-refractivity contribution in [2.24, 2.45) is 4.99 Å². The lowest BCUT2D eigenvalue weighted by Gasteiger charge is -2.15. The Morgan fingerprint density at radius 2 is 2.04 bits per heavy atom. The molecule has 0 amide bonds. The zero-order valence-electron chi connectivity index (χ0n) is 15.1. The minimum atomic E-state index is -2.92. The van der Waals surface area contributed by atoms with Crippen LogP contribution in [0.5, 0.6) is 5.75 Å². The number of benzene rings is 1. The molecule has 1 aromatic carbocycles. The van der Waals surface area contributed by atoms with Crippen LogP contribution in [0.25, 0.3) is 0 Å². The number of guanidine groups is 1. The van der Waals surface area contributed by atoms with E-state index in [-0.39, 0.29) is 5.75 Å². The van der Waals surface area contributed by atoms with Crippen molar-refractivity contribution >= 4 is 15.8 Å². The number of nitrogens with one attached hydrogen (secondary N) is 2. The topological polar surface area (TPSA) is 79.8 Å². The van der Waals surface area contributed by atoms with Gasteiger partial charge in [0.05, 0.1) is 12.4 Å². The standard InChI is InChI=1S/C17H29N3O3S/c1-5-10-23-16-12-14(2)7-8-15(16)13-20-17(18-3)19-9-6-11-24(4,21)22/h7-8,12H,5-6,9-11,13H2,1-4H3,(H2,18,19,20). The summed E-state index contributed by atoms with van der Waals surface area (Å²) in [6, 6.07) is 6.14. The van der Waals surface area contributed by atoms with Crippen LogP contribution in [0, 0.1) is 6.92 Å². The lowest BCUT2D eigenvalue weighted by Crippen LogP contribution is -2.37. The fraction of sp³-hybridized carbons (Fsp3) is 0.588. The van der Waals surface area contributed by atoms with Gasteiger partial charge in [0.25, 0.3) is 0 Å². The predicted molar refractivity (Wildman–Crippen MR) is 99.5 cm³/mol. The molecule has 0 aliphatic heterocycles. The minimum absolute atomic E-state index is 0.171. The maximum absolute atomic E-state index is 11.1. The highest BCUT2D eigenvalue weighted by Gasteiger charge is 2.06. The largest absolute Gasteiger partial charge is 0.493 e. The lowest BCUT2D eigenvalue weighted by molar-refractivity contribution is 0.313. The van der Waals surface area contributed by atoms with Crippen LogP contribution >= 0.6 is 0 Å². The molecule has 0 spiro atoms. The molecule has 0 fully saturated rings. The summed E-state index contributed by atoms with van der Waals surface area (Å²) in [6.45, 7) is 5.95. The molecule has 2 N–H and O–H groups in total. The Morgan fingerprint density at radius 1 is 1.29 bits per heavy atom. The van der Waals surface area contributed by atoms with Crippen molar-refractivity contribution in [3.05, 3.63) is 29.3 Å². The minimum Gasteiger partial charge on any atom is -0.493 e. The van der Waals surface area contributed by atoms with E-state index in [9.17, 15) is 8.42 Å². The van der Waals surface area contributed by atoms with E-state index in [4.69, 9.17) is 4.74 Å². The molecule has 0 bridgehead atoms. The Kier molecular flexibility index (Phi) is 8.60. The van der Waals surface area contributed by atoms with Gasteiger partial charge in [-0.1, -0.05) is 19.1 Å². The number of nitrogens with zero attached hydrogens (tertiary/aromatic N) is 1. The van der Waals surface area contributed by atoms with Crippen LogP contribution in [0.15, 0.2) is 23.2 Å². The SMILES string of the molecule is CCCOc1cc(C)ccc1CNC(=NC)NCCCS(C)(=O)=O. The molecule has 0 aromatic heterocycles. The van der Waals surface area contributed by atoms with Gasteiger partial charge in [-0.25, -0.2) is 8.42 Å². The molecule has 1 rings (SSSR count). The summed E-state index contributed by atoms with van der Waals surface area (Å²) in [7, 11) is -1.23. The summed E-state index contributed by atoms with van der Waals surface area (Å²) in [5, 5.41) is 6.35. The summed E-state index contributed by atoms with van der Waals surface area (Å²) in [6.07, 6.45) is 2.76. The summed E-state index contributed by atoms with van der Waals surface area (Å²) in [5.74, 6) is 1.70. The van der Waals surface area contributed by atoms with Gasteiger partial charge in [0.15, 0.2) is 5.96 Å². The van der Waals surface area contributed by atoms with Gasteiger partial charge < -0.3 is 15.4 Å². The number of rotatable bonds is 9. The molecule has 7 heteroatoms. The fourth-order valence-corrected chi connectivity index (χ4v) is 2.76. The van der Waals surface area contributed by atoms with Crippen LogP contribution < -0.4 is 15.4 Å². The molecular weight excluding hydrogens is 326 g/mol. The number of aryl methyl sites for hydroxylation is 1. The highest BCUT2D eigenvalue weighted by atomic mass is 32.2. The fourth-order valence-electron chi connectivity index (χ4n) is 2.09. The van der Waals surface area contributed by atoms with E-state index >= 15 is 0 Å². The Balaban J connectivity index is 2.53. The van der Waals surface area contributed by atoms with Crippen LogP contribution in [-0.2, 0) is 16.4 Å². The van der Waals surface area contributed by atoms with E-state index in [1.807, 2.05) is 19.1 Å². The first kappa shape index (κ1) is 20.3. The smallest absolute Gasteiger partial charge is 0.191 e. The molecule has 6 nitrogen and oxygen atoms in total. The van der Waals surface area contributed by atoms with Gasteiger partial charge in [0.1, 0.15) is 15.6 Å². The van der Waals surface area contributed by atoms with Crippen molar-refractivity contribution in [3.8, 4) is 5.75 Å². The van der Waals surface area contributed by atoms with Crippen LogP contribution in [0.3, 0.4) is 0 Å². The summed E-state index contributed by atoms with van der Waals surface area (Å²) < 4.78 is 28.0. The maximum Gasteiger partial charge on any atom is 0.191 e. The average Bonchev–Trinajstić information content (AvgIpc) is 2.52. The highest BCUT2D eigenvalue weighted by molar-refractivity contribution is 7.90. The van der Waals surface area contributed by atoms with Gasteiger partial charge in [-0.15, -0.1) is 0 Å². The number of hydrogen-bond donors (Lipinski definition) is 2. The first-order chi connectivity index (χ1) is 11.4. The van der Waals surface area contributed by atoms with Gasteiger partial charge >= 0.3 is 0 Å². The monoisotopic (exact) mass is 355 g/mol. The highest BCUT2D eigenvalue weighted by Crippen LogP contribution is 2.20. The average molecular weight is 356 g/mol. The third-order valence-corrected chi connectivity index (χ3v) is 4.37. The number of sulfone groups is 1. The molecule has 24 heavy (non-hydrogen) atoms. The summed E-state index contributed by atoms with van der Waals surface area (Å²) in [4.78, 5) is 4.15. The first-order valence-corrected chi connectivity index (χ1v) is 10.3. The Bertz CT molecular complexity index is 642. The van der Waals surface area contributed by atoms with Crippen LogP contribution in [-0.4, -0.2) is 46.6 Å². The van der Waals surface area contributed by atoms with Crippen molar-refractivity contribution in [2.45, 2.75) is 33.2 Å². The van der Waals surface area contributed by atoms with Crippen molar-refractivity contribution in [1.82, 2.24) is 10.6 Å². The normalized spacial score (nSPS) is 12.1. The molecule has 0 heterocycles. The lowest BCUT2D eigenvalue weighted by atomic mass is 10.1. The second-order valence-corrected chi connectivity index (χ2v) is 8.06. The maximum atomic E-state index is 11.1. The molecule has 0 unspecified atom stereocenters. The molecule has 0 aliphatic carbocycles. The van der Waals surface area contributed by atoms with E-state index in [0.29, 0.717) is 32.1 Å². The predicted octanol–water partition coefficient (Wildman–Crippen LogP) is 1.88. The van der Waals surface area contributed by atoms with Gasteiger partial charge in [-0.3, -0.25) is 4.99 Å². The van der Waals surface area contributed by atoms with Crippen LogP contribution in [0.1, 0.15) is 30.9 Å². The van der Waals surface area contributed by atoms with Gasteiger partial charge in [0, 0.05) is 32.0 Å². The zero-order valence-corrected chi connectivity index (χ0v) is 15.9. The molecule has 0 radical (unpaired) electrons. The summed E-state index contributed by atoms with van der Waals surface area (Å²) in [5.41, 5.74) is 2.22. The molecule has 0 saturated carbocycles. The second kappa shape index (κ2) is 10.2. The van der Waals surface area contributed by atoms with E-state index in [1.54, 1.807) is 7.05 Å². The third kappa shape index (κ3) is 8.19. The molecule has 0 atom stereocenters. The second-order valence-electron chi connectivity index (χ2n) is 5.80. The van der Waals surface area contributed by atoms with Gasteiger partial charge in [-0.05, 0) is 31.4 Å². The van der Waals surface area contributed by atoms with Crippen LogP contribution in [0.4, 0.5) is 0 Å². The number of hydrogen-bond acceptors (Lipinski definition) is 4. The van der Waals surface area contributed by atoms with E-state index in [0.717, 1.165) is 23.3 Å². The Morgan fingerprint density at radius 3 is 2.67 bits per heavy atom. The van der Waals surface area contributed by atoms with Crippen molar-refractivity contribution in [1.29, 1.82) is 0 Å². The summed E-state index contributed by atoms with van der Waals surface area (Å²) >= 11 is 0. The van der Waals surface area contributed by atoms with E-state index < -0.39 is 9.84 Å². The van der Waals surface area contributed by atoms with E-state index in [1.165, 1.54) is 6.26 Å².